The molecule has 1 aromatic heterocycles. The third kappa shape index (κ3) is 3.83. The van der Waals surface area contributed by atoms with E-state index in [9.17, 15) is 9.59 Å². The van der Waals surface area contributed by atoms with Crippen molar-refractivity contribution in [2.75, 3.05) is 18.4 Å². The monoisotopic (exact) mass is 342 g/mol. The van der Waals surface area contributed by atoms with Crippen molar-refractivity contribution in [3.8, 4) is 0 Å². The van der Waals surface area contributed by atoms with E-state index in [0.29, 0.717) is 19.4 Å². The number of nitrogens with one attached hydrogen (secondary N) is 1. The first-order chi connectivity index (χ1) is 12.1. The summed E-state index contributed by atoms with van der Waals surface area (Å²) in [6.45, 7) is 6.36. The third-order valence-electron chi connectivity index (χ3n) is 4.77. The second-order valence-corrected chi connectivity index (χ2v) is 6.47. The summed E-state index contributed by atoms with van der Waals surface area (Å²) in [6.07, 6.45) is 3.81. The van der Waals surface area contributed by atoms with Gasteiger partial charge in [0, 0.05) is 44.6 Å². The molecule has 3 rings (SSSR count). The van der Waals surface area contributed by atoms with Crippen LogP contribution in [0.1, 0.15) is 45.4 Å². The SMILES string of the molecule is CCc1nc2cc(NC(=O)CCN3CCCCC3=O)ccc2n1CC. The average Bonchev–Trinajstić information content (AvgIpc) is 2.98. The van der Waals surface area contributed by atoms with E-state index < -0.39 is 0 Å². The number of nitrogens with zero attached hydrogens (tertiary/aromatic N) is 3. The Hall–Kier alpha value is -2.37. The summed E-state index contributed by atoms with van der Waals surface area (Å²) in [5, 5.41) is 2.93. The summed E-state index contributed by atoms with van der Waals surface area (Å²) < 4.78 is 2.20. The van der Waals surface area contributed by atoms with E-state index in [0.717, 1.165) is 54.9 Å². The molecule has 2 amide bonds. The van der Waals surface area contributed by atoms with Gasteiger partial charge in [0.15, 0.2) is 0 Å². The lowest BCUT2D eigenvalue weighted by Gasteiger charge is -2.26. The lowest BCUT2D eigenvalue weighted by Crippen LogP contribution is -2.37. The number of carbonyl (C=O) groups is 2. The molecule has 0 bridgehead atoms. The number of carbonyl (C=O) groups excluding carboxylic acids is 2. The van der Waals surface area contributed by atoms with Gasteiger partial charge in [-0.15, -0.1) is 0 Å². The van der Waals surface area contributed by atoms with Crippen molar-refractivity contribution in [2.45, 2.75) is 52.5 Å². The Labute approximate surface area is 148 Å². The maximum atomic E-state index is 12.2. The molecule has 2 aromatic rings. The van der Waals surface area contributed by atoms with Crippen molar-refractivity contribution in [3.63, 3.8) is 0 Å². The van der Waals surface area contributed by atoms with Crippen LogP contribution in [0.5, 0.6) is 0 Å². The fourth-order valence-electron chi connectivity index (χ4n) is 3.44. The van der Waals surface area contributed by atoms with Gasteiger partial charge in [-0.1, -0.05) is 6.92 Å². The molecule has 0 atom stereocenters. The smallest absolute Gasteiger partial charge is 0.226 e. The Balaban J connectivity index is 1.64. The number of amides is 2. The van der Waals surface area contributed by atoms with E-state index >= 15 is 0 Å². The first kappa shape index (κ1) is 17.5. The zero-order valence-electron chi connectivity index (χ0n) is 15.0. The van der Waals surface area contributed by atoms with E-state index in [1.165, 1.54) is 0 Å². The van der Waals surface area contributed by atoms with Crippen LogP contribution >= 0.6 is 0 Å². The molecule has 0 saturated carbocycles. The standard InChI is InChI=1S/C19H26N4O2/c1-3-17-21-15-13-14(8-9-16(15)23(17)4-2)20-18(24)10-12-22-11-6-5-7-19(22)25/h8-9,13H,3-7,10-12H2,1-2H3,(H,20,24). The number of likely N-dealkylation sites (tertiary alicyclic amines) is 1. The molecule has 1 N–H and O–H groups in total. The highest BCUT2D eigenvalue weighted by Crippen LogP contribution is 2.21. The van der Waals surface area contributed by atoms with E-state index in [1.54, 1.807) is 4.90 Å². The van der Waals surface area contributed by atoms with Crippen LogP contribution in [0.4, 0.5) is 5.69 Å². The molecule has 1 aliphatic rings. The molecular weight excluding hydrogens is 316 g/mol. The topological polar surface area (TPSA) is 67.2 Å². The second-order valence-electron chi connectivity index (χ2n) is 6.47. The highest BCUT2D eigenvalue weighted by atomic mass is 16.2. The van der Waals surface area contributed by atoms with Gasteiger partial charge in [0.25, 0.3) is 0 Å². The van der Waals surface area contributed by atoms with Crippen LogP contribution < -0.4 is 5.32 Å². The number of imidazole rings is 1. The molecule has 0 radical (unpaired) electrons. The molecule has 1 fully saturated rings. The Kier molecular flexibility index (Phi) is 5.36. The highest BCUT2D eigenvalue weighted by molar-refractivity contribution is 5.93. The van der Waals surface area contributed by atoms with Crippen LogP contribution in [0.25, 0.3) is 11.0 Å². The molecule has 1 saturated heterocycles. The molecule has 1 aromatic carbocycles. The molecule has 2 heterocycles. The number of hydrogen-bond donors (Lipinski definition) is 1. The van der Waals surface area contributed by atoms with E-state index in [2.05, 4.69) is 28.7 Å². The van der Waals surface area contributed by atoms with Crippen molar-refractivity contribution >= 4 is 28.5 Å². The molecule has 25 heavy (non-hydrogen) atoms. The number of aryl methyl sites for hydroxylation is 2. The predicted molar refractivity (Wildman–Crippen MR) is 98.5 cm³/mol. The lowest BCUT2D eigenvalue weighted by molar-refractivity contribution is -0.133. The lowest BCUT2D eigenvalue weighted by atomic mass is 10.1. The van der Waals surface area contributed by atoms with Gasteiger partial charge in [0.2, 0.25) is 11.8 Å². The van der Waals surface area contributed by atoms with Crippen LogP contribution in [0.15, 0.2) is 18.2 Å². The zero-order chi connectivity index (χ0) is 17.8. The van der Waals surface area contributed by atoms with Crippen LogP contribution in [0.2, 0.25) is 0 Å². The Morgan fingerprint density at radius 3 is 2.84 bits per heavy atom. The fourth-order valence-corrected chi connectivity index (χ4v) is 3.44. The van der Waals surface area contributed by atoms with Crippen LogP contribution in [0, 0.1) is 0 Å². The van der Waals surface area contributed by atoms with Gasteiger partial charge >= 0.3 is 0 Å². The van der Waals surface area contributed by atoms with E-state index in [-0.39, 0.29) is 11.8 Å². The number of fused-ring (bicyclic) bond motifs is 1. The number of hydrogen-bond acceptors (Lipinski definition) is 3. The van der Waals surface area contributed by atoms with Crippen molar-refractivity contribution in [3.05, 3.63) is 24.0 Å². The number of anilines is 1. The summed E-state index contributed by atoms with van der Waals surface area (Å²) >= 11 is 0. The summed E-state index contributed by atoms with van der Waals surface area (Å²) in [6, 6.07) is 5.85. The first-order valence-electron chi connectivity index (χ1n) is 9.19. The van der Waals surface area contributed by atoms with Gasteiger partial charge < -0.3 is 14.8 Å². The van der Waals surface area contributed by atoms with Crippen LogP contribution in [-0.2, 0) is 22.6 Å². The van der Waals surface area contributed by atoms with Crippen LogP contribution in [-0.4, -0.2) is 39.4 Å². The minimum Gasteiger partial charge on any atom is -0.342 e. The van der Waals surface area contributed by atoms with Crippen molar-refractivity contribution in [1.29, 1.82) is 0 Å². The minimum atomic E-state index is -0.0663. The molecule has 134 valence electrons. The predicted octanol–water partition coefficient (Wildman–Crippen LogP) is 2.96. The number of aromatic nitrogens is 2. The van der Waals surface area contributed by atoms with E-state index in [1.807, 2.05) is 18.2 Å². The molecular formula is C19H26N4O2. The largest absolute Gasteiger partial charge is 0.342 e. The zero-order valence-corrected chi connectivity index (χ0v) is 15.0. The normalized spacial score (nSPS) is 15.0. The van der Waals surface area contributed by atoms with Crippen molar-refractivity contribution in [2.24, 2.45) is 0 Å². The fraction of sp³-hybridized carbons (Fsp3) is 0.526. The van der Waals surface area contributed by atoms with E-state index in [4.69, 9.17) is 0 Å². The minimum absolute atomic E-state index is 0.0663. The average molecular weight is 342 g/mol. The van der Waals surface area contributed by atoms with Gasteiger partial charge in [-0.2, -0.15) is 0 Å². The van der Waals surface area contributed by atoms with Gasteiger partial charge in [0.05, 0.1) is 11.0 Å². The maximum absolute atomic E-state index is 12.2. The molecule has 6 nitrogen and oxygen atoms in total. The maximum Gasteiger partial charge on any atom is 0.226 e. The molecule has 0 spiro atoms. The van der Waals surface area contributed by atoms with Crippen molar-refractivity contribution in [1.82, 2.24) is 14.5 Å². The first-order valence-corrected chi connectivity index (χ1v) is 9.19. The van der Waals surface area contributed by atoms with Gasteiger partial charge in [-0.25, -0.2) is 4.98 Å². The molecule has 1 aliphatic heterocycles. The molecule has 0 unspecified atom stereocenters. The number of benzene rings is 1. The van der Waals surface area contributed by atoms with Gasteiger partial charge in [-0.05, 0) is 38.0 Å². The van der Waals surface area contributed by atoms with Crippen molar-refractivity contribution < 1.29 is 9.59 Å². The summed E-state index contributed by atoms with van der Waals surface area (Å²) in [5.41, 5.74) is 2.75. The highest BCUT2D eigenvalue weighted by Gasteiger charge is 2.18. The second kappa shape index (κ2) is 7.68. The van der Waals surface area contributed by atoms with Gasteiger partial charge in [0.1, 0.15) is 5.82 Å². The summed E-state index contributed by atoms with van der Waals surface area (Å²) in [5.74, 6) is 1.16. The molecule has 0 aliphatic carbocycles. The number of piperidine rings is 1. The number of rotatable bonds is 6. The summed E-state index contributed by atoms with van der Waals surface area (Å²) in [7, 11) is 0. The van der Waals surface area contributed by atoms with Crippen LogP contribution in [0.3, 0.4) is 0 Å². The Morgan fingerprint density at radius 2 is 2.12 bits per heavy atom. The quantitative estimate of drug-likeness (QED) is 0.877. The Bertz CT molecular complexity index is 781. The molecule has 6 heteroatoms. The third-order valence-corrected chi connectivity index (χ3v) is 4.77. The Morgan fingerprint density at radius 1 is 1.28 bits per heavy atom. The summed E-state index contributed by atoms with van der Waals surface area (Å²) in [4.78, 5) is 30.4. The van der Waals surface area contributed by atoms with Gasteiger partial charge in [-0.3, -0.25) is 9.59 Å².